The molecule has 3 rings (SSSR count). The standard InChI is InChI=1S/C21H24N4O3/c1-15-6-5-7-16(12-15)23-20(26)13-25-18-9-4-3-8-17(18)24-19(25)10-11-22-21(27)14-28-2/h3-9,12H,10-11,13-14H2,1-2H3,(H,22,27)(H,23,26). The Morgan fingerprint density at radius 3 is 2.71 bits per heavy atom. The molecule has 0 unspecified atom stereocenters. The molecular weight excluding hydrogens is 356 g/mol. The molecular formula is C21H24N4O3. The fourth-order valence-corrected chi connectivity index (χ4v) is 3.06. The van der Waals surface area contributed by atoms with Gasteiger partial charge in [-0.25, -0.2) is 4.98 Å². The predicted octanol–water partition coefficient (Wildman–Crippen LogP) is 2.29. The van der Waals surface area contributed by atoms with Gasteiger partial charge in [0.15, 0.2) is 0 Å². The summed E-state index contributed by atoms with van der Waals surface area (Å²) < 4.78 is 6.70. The van der Waals surface area contributed by atoms with Crippen LogP contribution in [0.25, 0.3) is 11.0 Å². The fraction of sp³-hybridized carbons (Fsp3) is 0.286. The minimum absolute atomic E-state index is 0.0231. The number of rotatable bonds is 8. The molecule has 3 aromatic rings. The Bertz CT molecular complexity index is 981. The number of hydrogen-bond acceptors (Lipinski definition) is 4. The Labute approximate surface area is 163 Å². The normalized spacial score (nSPS) is 10.8. The first-order valence-corrected chi connectivity index (χ1v) is 9.13. The third-order valence-corrected chi connectivity index (χ3v) is 4.28. The zero-order chi connectivity index (χ0) is 19.9. The van der Waals surface area contributed by atoms with Crippen molar-refractivity contribution in [1.82, 2.24) is 14.9 Å². The van der Waals surface area contributed by atoms with E-state index in [1.54, 1.807) is 0 Å². The second kappa shape index (κ2) is 9.14. The van der Waals surface area contributed by atoms with Crippen molar-refractivity contribution in [2.45, 2.75) is 19.9 Å². The van der Waals surface area contributed by atoms with Gasteiger partial charge in [0.05, 0.1) is 11.0 Å². The van der Waals surface area contributed by atoms with E-state index >= 15 is 0 Å². The number of carbonyl (C=O) groups excluding carboxylic acids is 2. The Hall–Kier alpha value is -3.19. The molecule has 0 atom stereocenters. The van der Waals surface area contributed by atoms with Crippen LogP contribution in [0.4, 0.5) is 5.69 Å². The van der Waals surface area contributed by atoms with Crippen molar-refractivity contribution in [2.24, 2.45) is 0 Å². The van der Waals surface area contributed by atoms with Crippen molar-refractivity contribution in [1.29, 1.82) is 0 Å². The molecule has 0 aliphatic carbocycles. The van der Waals surface area contributed by atoms with Gasteiger partial charge in [-0.05, 0) is 36.8 Å². The number of hydrogen-bond donors (Lipinski definition) is 2. The number of ether oxygens (including phenoxy) is 1. The van der Waals surface area contributed by atoms with Gasteiger partial charge in [0.1, 0.15) is 19.0 Å². The van der Waals surface area contributed by atoms with Gasteiger partial charge in [-0.3, -0.25) is 9.59 Å². The Morgan fingerprint density at radius 1 is 1.11 bits per heavy atom. The number of benzene rings is 2. The molecule has 28 heavy (non-hydrogen) atoms. The van der Waals surface area contributed by atoms with Crippen molar-refractivity contribution in [2.75, 3.05) is 25.6 Å². The Balaban J connectivity index is 1.74. The van der Waals surface area contributed by atoms with Crippen LogP contribution in [0.5, 0.6) is 0 Å². The minimum atomic E-state index is -0.178. The summed E-state index contributed by atoms with van der Waals surface area (Å²) in [6.45, 7) is 2.57. The summed E-state index contributed by atoms with van der Waals surface area (Å²) in [7, 11) is 1.48. The van der Waals surface area contributed by atoms with Gasteiger partial charge in [-0.15, -0.1) is 0 Å². The van der Waals surface area contributed by atoms with Crippen molar-refractivity contribution in [3.63, 3.8) is 0 Å². The lowest BCUT2D eigenvalue weighted by atomic mass is 10.2. The monoisotopic (exact) mass is 380 g/mol. The van der Waals surface area contributed by atoms with E-state index in [0.29, 0.717) is 13.0 Å². The van der Waals surface area contributed by atoms with Gasteiger partial charge in [-0.2, -0.15) is 0 Å². The lowest BCUT2D eigenvalue weighted by Gasteiger charge is -2.11. The third kappa shape index (κ3) is 4.95. The van der Waals surface area contributed by atoms with Gasteiger partial charge in [0, 0.05) is 25.8 Å². The number of fused-ring (bicyclic) bond motifs is 1. The molecule has 7 nitrogen and oxygen atoms in total. The molecule has 2 amide bonds. The first-order valence-electron chi connectivity index (χ1n) is 9.13. The molecule has 0 aliphatic rings. The van der Waals surface area contributed by atoms with Crippen molar-refractivity contribution >= 4 is 28.5 Å². The predicted molar refractivity (Wildman–Crippen MR) is 108 cm³/mol. The van der Waals surface area contributed by atoms with Gasteiger partial charge in [0.2, 0.25) is 11.8 Å². The van der Waals surface area contributed by atoms with Crippen LogP contribution in [0, 0.1) is 6.92 Å². The van der Waals surface area contributed by atoms with Crippen LogP contribution in [0.2, 0.25) is 0 Å². The third-order valence-electron chi connectivity index (χ3n) is 4.28. The summed E-state index contributed by atoms with van der Waals surface area (Å²) in [6, 6.07) is 15.4. The van der Waals surface area contributed by atoms with Crippen LogP contribution in [0.1, 0.15) is 11.4 Å². The molecule has 0 spiro atoms. The summed E-state index contributed by atoms with van der Waals surface area (Å²) in [5, 5.41) is 5.72. The average molecular weight is 380 g/mol. The number of amides is 2. The van der Waals surface area contributed by atoms with Crippen LogP contribution >= 0.6 is 0 Å². The van der Waals surface area contributed by atoms with E-state index in [1.807, 2.05) is 60.0 Å². The van der Waals surface area contributed by atoms with Gasteiger partial charge >= 0.3 is 0 Å². The Kier molecular flexibility index (Phi) is 6.39. The van der Waals surface area contributed by atoms with E-state index in [1.165, 1.54) is 7.11 Å². The van der Waals surface area contributed by atoms with E-state index < -0.39 is 0 Å². The highest BCUT2D eigenvalue weighted by molar-refractivity contribution is 5.91. The fourth-order valence-electron chi connectivity index (χ4n) is 3.06. The quantitative estimate of drug-likeness (QED) is 0.628. The largest absolute Gasteiger partial charge is 0.375 e. The van der Waals surface area contributed by atoms with Crippen LogP contribution in [0.3, 0.4) is 0 Å². The molecule has 2 N–H and O–H groups in total. The number of para-hydroxylation sites is 2. The molecule has 7 heteroatoms. The highest BCUT2D eigenvalue weighted by Gasteiger charge is 2.14. The molecule has 0 bridgehead atoms. The van der Waals surface area contributed by atoms with Crippen LogP contribution < -0.4 is 10.6 Å². The van der Waals surface area contributed by atoms with Crippen molar-refractivity contribution in [3.8, 4) is 0 Å². The van der Waals surface area contributed by atoms with E-state index in [4.69, 9.17) is 4.74 Å². The molecule has 0 radical (unpaired) electrons. The highest BCUT2D eigenvalue weighted by atomic mass is 16.5. The topological polar surface area (TPSA) is 85.2 Å². The Morgan fingerprint density at radius 2 is 1.93 bits per heavy atom. The summed E-state index contributed by atoms with van der Waals surface area (Å²) in [4.78, 5) is 28.8. The minimum Gasteiger partial charge on any atom is -0.375 e. The van der Waals surface area contributed by atoms with Gasteiger partial charge in [0.25, 0.3) is 0 Å². The van der Waals surface area contributed by atoms with Gasteiger partial charge < -0.3 is 19.9 Å². The second-order valence-corrected chi connectivity index (χ2v) is 6.55. The zero-order valence-electron chi connectivity index (χ0n) is 16.1. The van der Waals surface area contributed by atoms with E-state index in [-0.39, 0.29) is 25.0 Å². The lowest BCUT2D eigenvalue weighted by molar-refractivity contribution is -0.124. The van der Waals surface area contributed by atoms with Crippen LogP contribution in [-0.4, -0.2) is 41.6 Å². The molecule has 0 aliphatic heterocycles. The number of nitrogens with one attached hydrogen (secondary N) is 2. The molecule has 2 aromatic carbocycles. The first kappa shape index (κ1) is 19.6. The second-order valence-electron chi connectivity index (χ2n) is 6.55. The summed E-state index contributed by atoms with van der Waals surface area (Å²) in [5.41, 5.74) is 3.56. The molecule has 146 valence electrons. The number of anilines is 1. The molecule has 0 saturated heterocycles. The number of imidazole rings is 1. The number of nitrogens with zero attached hydrogens (tertiary/aromatic N) is 2. The molecule has 0 fully saturated rings. The van der Waals surface area contributed by atoms with E-state index in [9.17, 15) is 9.59 Å². The highest BCUT2D eigenvalue weighted by Crippen LogP contribution is 2.17. The lowest BCUT2D eigenvalue weighted by Crippen LogP contribution is -2.30. The maximum absolute atomic E-state index is 12.6. The first-order chi connectivity index (χ1) is 13.6. The van der Waals surface area contributed by atoms with Crippen LogP contribution in [-0.2, 0) is 27.3 Å². The zero-order valence-corrected chi connectivity index (χ0v) is 16.1. The maximum Gasteiger partial charge on any atom is 0.245 e. The summed E-state index contributed by atoms with van der Waals surface area (Å²) in [6.07, 6.45) is 0.516. The maximum atomic E-state index is 12.6. The van der Waals surface area contributed by atoms with Gasteiger partial charge in [-0.1, -0.05) is 24.3 Å². The van der Waals surface area contributed by atoms with E-state index in [0.717, 1.165) is 28.1 Å². The van der Waals surface area contributed by atoms with Crippen molar-refractivity contribution in [3.05, 3.63) is 59.9 Å². The van der Waals surface area contributed by atoms with Crippen molar-refractivity contribution < 1.29 is 14.3 Å². The summed E-state index contributed by atoms with van der Waals surface area (Å²) >= 11 is 0. The average Bonchev–Trinajstić information content (AvgIpc) is 2.99. The SMILES string of the molecule is COCC(=O)NCCc1nc2ccccc2n1CC(=O)Nc1cccc(C)c1. The molecule has 0 saturated carbocycles. The summed E-state index contributed by atoms with van der Waals surface area (Å²) in [5.74, 6) is 0.444. The van der Waals surface area contributed by atoms with E-state index in [2.05, 4.69) is 15.6 Å². The number of aromatic nitrogens is 2. The number of methoxy groups -OCH3 is 1. The number of aryl methyl sites for hydroxylation is 1. The molecule has 1 heterocycles. The smallest absolute Gasteiger partial charge is 0.245 e. The number of carbonyl (C=O) groups is 2. The van der Waals surface area contributed by atoms with Crippen LogP contribution in [0.15, 0.2) is 48.5 Å². The molecule has 1 aromatic heterocycles.